The molecule has 1 aromatic rings. The van der Waals surface area contributed by atoms with Gasteiger partial charge in [-0.3, -0.25) is 4.79 Å². The number of ketones is 1. The van der Waals surface area contributed by atoms with Crippen molar-refractivity contribution in [3.63, 3.8) is 0 Å². The minimum absolute atomic E-state index is 0.0510. The fourth-order valence-electron chi connectivity index (χ4n) is 1.81. The SMILES string of the molecule is CCN(CC(C)(C)O)C(=O)Nc1cccc(C(C)=O)c1. The molecule has 0 aliphatic rings. The Bertz CT molecular complexity index is 492. The van der Waals surface area contributed by atoms with Gasteiger partial charge in [0.25, 0.3) is 0 Å². The smallest absolute Gasteiger partial charge is 0.321 e. The molecular weight excluding hydrogens is 256 g/mol. The van der Waals surface area contributed by atoms with Gasteiger partial charge < -0.3 is 15.3 Å². The number of nitrogens with one attached hydrogen (secondary N) is 1. The summed E-state index contributed by atoms with van der Waals surface area (Å²) in [6.07, 6.45) is 0. The monoisotopic (exact) mass is 278 g/mol. The topological polar surface area (TPSA) is 69.6 Å². The van der Waals surface area contributed by atoms with Crippen LogP contribution in [0.4, 0.5) is 10.5 Å². The maximum atomic E-state index is 12.1. The molecule has 1 aromatic carbocycles. The van der Waals surface area contributed by atoms with Crippen LogP contribution in [0.3, 0.4) is 0 Å². The fraction of sp³-hybridized carbons (Fsp3) is 0.467. The molecule has 0 bridgehead atoms. The highest BCUT2D eigenvalue weighted by atomic mass is 16.3. The zero-order valence-electron chi connectivity index (χ0n) is 12.4. The van der Waals surface area contributed by atoms with Gasteiger partial charge in [-0.05, 0) is 39.8 Å². The normalized spacial score (nSPS) is 11.1. The van der Waals surface area contributed by atoms with Gasteiger partial charge in [0.15, 0.2) is 5.78 Å². The van der Waals surface area contributed by atoms with Crippen molar-refractivity contribution in [3.05, 3.63) is 29.8 Å². The number of carbonyl (C=O) groups excluding carboxylic acids is 2. The van der Waals surface area contributed by atoms with Crippen molar-refractivity contribution < 1.29 is 14.7 Å². The van der Waals surface area contributed by atoms with Crippen molar-refractivity contribution >= 4 is 17.5 Å². The Morgan fingerprint density at radius 1 is 1.35 bits per heavy atom. The molecule has 0 spiro atoms. The molecule has 0 radical (unpaired) electrons. The molecule has 20 heavy (non-hydrogen) atoms. The Kier molecular flexibility index (Phi) is 5.27. The number of rotatable bonds is 5. The van der Waals surface area contributed by atoms with E-state index < -0.39 is 5.60 Å². The van der Waals surface area contributed by atoms with Crippen molar-refractivity contribution in [2.24, 2.45) is 0 Å². The van der Waals surface area contributed by atoms with Gasteiger partial charge in [0, 0.05) is 17.8 Å². The van der Waals surface area contributed by atoms with Crippen LogP contribution in [0.1, 0.15) is 38.1 Å². The molecular formula is C15H22N2O3. The largest absolute Gasteiger partial charge is 0.389 e. The molecule has 5 heteroatoms. The summed E-state index contributed by atoms with van der Waals surface area (Å²) >= 11 is 0. The Hall–Kier alpha value is -1.88. The Morgan fingerprint density at radius 3 is 2.50 bits per heavy atom. The number of anilines is 1. The summed E-state index contributed by atoms with van der Waals surface area (Å²) in [5.41, 5.74) is 0.166. The highest BCUT2D eigenvalue weighted by Gasteiger charge is 2.21. The number of benzene rings is 1. The summed E-state index contributed by atoms with van der Waals surface area (Å²) in [6.45, 7) is 7.35. The van der Waals surface area contributed by atoms with Gasteiger partial charge in [0.05, 0.1) is 12.1 Å². The first kappa shape index (κ1) is 16.2. The van der Waals surface area contributed by atoms with Crippen molar-refractivity contribution in [3.8, 4) is 0 Å². The van der Waals surface area contributed by atoms with Crippen molar-refractivity contribution in [2.45, 2.75) is 33.3 Å². The molecule has 0 atom stereocenters. The lowest BCUT2D eigenvalue weighted by Crippen LogP contribution is -2.44. The van der Waals surface area contributed by atoms with E-state index in [1.165, 1.54) is 11.8 Å². The van der Waals surface area contributed by atoms with E-state index in [0.29, 0.717) is 17.8 Å². The maximum Gasteiger partial charge on any atom is 0.321 e. The average molecular weight is 278 g/mol. The van der Waals surface area contributed by atoms with E-state index in [1.807, 2.05) is 6.92 Å². The number of urea groups is 1. The number of likely N-dealkylation sites (N-methyl/N-ethyl adjacent to an activating group) is 1. The van der Waals surface area contributed by atoms with Gasteiger partial charge in [-0.2, -0.15) is 0 Å². The fourth-order valence-corrected chi connectivity index (χ4v) is 1.81. The molecule has 0 saturated heterocycles. The van der Waals surface area contributed by atoms with E-state index in [-0.39, 0.29) is 18.4 Å². The Morgan fingerprint density at radius 2 is 2.00 bits per heavy atom. The molecule has 2 N–H and O–H groups in total. The number of amides is 2. The standard InChI is InChI=1S/C15H22N2O3/c1-5-17(10-15(3,4)20)14(19)16-13-8-6-7-12(9-13)11(2)18/h6-9,20H,5,10H2,1-4H3,(H,16,19). The second-order valence-corrected chi connectivity index (χ2v) is 5.39. The first-order chi connectivity index (χ1) is 9.23. The highest BCUT2D eigenvalue weighted by molar-refractivity contribution is 5.96. The third kappa shape index (κ3) is 5.01. The molecule has 1 rings (SSSR count). The molecule has 0 unspecified atom stereocenters. The third-order valence-corrected chi connectivity index (χ3v) is 2.77. The summed E-state index contributed by atoms with van der Waals surface area (Å²) in [6, 6.07) is 6.49. The molecule has 110 valence electrons. The van der Waals surface area contributed by atoms with E-state index in [1.54, 1.807) is 38.1 Å². The van der Waals surface area contributed by atoms with Gasteiger partial charge in [-0.25, -0.2) is 4.79 Å². The zero-order chi connectivity index (χ0) is 15.3. The van der Waals surface area contributed by atoms with Gasteiger partial charge in [-0.1, -0.05) is 12.1 Å². The molecule has 0 heterocycles. The predicted octanol–water partition coefficient (Wildman–Crippen LogP) is 2.51. The Labute approximate surface area is 119 Å². The van der Waals surface area contributed by atoms with Crippen LogP contribution in [0.2, 0.25) is 0 Å². The van der Waals surface area contributed by atoms with Gasteiger partial charge >= 0.3 is 6.03 Å². The van der Waals surface area contributed by atoms with Crippen molar-refractivity contribution in [1.29, 1.82) is 0 Å². The summed E-state index contributed by atoms with van der Waals surface area (Å²) in [7, 11) is 0. The molecule has 2 amide bonds. The summed E-state index contributed by atoms with van der Waals surface area (Å²) in [5, 5.41) is 12.5. The lowest BCUT2D eigenvalue weighted by molar-refractivity contribution is 0.0501. The molecule has 0 aliphatic carbocycles. The minimum Gasteiger partial charge on any atom is -0.389 e. The van der Waals surface area contributed by atoms with Gasteiger partial charge in [-0.15, -0.1) is 0 Å². The maximum absolute atomic E-state index is 12.1. The lowest BCUT2D eigenvalue weighted by Gasteiger charge is -2.28. The van der Waals surface area contributed by atoms with Crippen molar-refractivity contribution in [1.82, 2.24) is 4.90 Å². The quantitative estimate of drug-likeness (QED) is 0.813. The first-order valence-electron chi connectivity index (χ1n) is 6.62. The van der Waals surface area contributed by atoms with E-state index in [9.17, 15) is 14.7 Å². The van der Waals surface area contributed by atoms with E-state index in [0.717, 1.165) is 0 Å². The molecule has 0 saturated carbocycles. The third-order valence-electron chi connectivity index (χ3n) is 2.77. The number of carbonyl (C=O) groups is 2. The van der Waals surface area contributed by atoms with E-state index >= 15 is 0 Å². The van der Waals surface area contributed by atoms with E-state index in [2.05, 4.69) is 5.32 Å². The van der Waals surface area contributed by atoms with Crippen LogP contribution in [-0.2, 0) is 0 Å². The summed E-state index contributed by atoms with van der Waals surface area (Å²) in [5.74, 6) is -0.0510. The van der Waals surface area contributed by atoms with Crippen LogP contribution in [0.5, 0.6) is 0 Å². The number of aliphatic hydroxyl groups is 1. The number of hydrogen-bond donors (Lipinski definition) is 2. The molecule has 0 aliphatic heterocycles. The second kappa shape index (κ2) is 6.52. The summed E-state index contributed by atoms with van der Waals surface area (Å²) < 4.78 is 0. The van der Waals surface area contributed by atoms with Crippen LogP contribution < -0.4 is 5.32 Å². The van der Waals surface area contributed by atoms with Crippen LogP contribution in [-0.4, -0.2) is 40.5 Å². The lowest BCUT2D eigenvalue weighted by atomic mass is 10.1. The van der Waals surface area contributed by atoms with Crippen LogP contribution in [0, 0.1) is 0 Å². The minimum atomic E-state index is -0.950. The number of hydrogen-bond acceptors (Lipinski definition) is 3. The summed E-state index contributed by atoms with van der Waals surface area (Å²) in [4.78, 5) is 24.9. The first-order valence-corrected chi connectivity index (χ1v) is 6.62. The molecule has 0 aromatic heterocycles. The zero-order valence-corrected chi connectivity index (χ0v) is 12.4. The van der Waals surface area contributed by atoms with Gasteiger partial charge in [0.2, 0.25) is 0 Å². The van der Waals surface area contributed by atoms with Crippen LogP contribution >= 0.6 is 0 Å². The van der Waals surface area contributed by atoms with E-state index in [4.69, 9.17) is 0 Å². The van der Waals surface area contributed by atoms with Crippen LogP contribution in [0.25, 0.3) is 0 Å². The number of Topliss-reactive ketones (excluding diaryl/α,β-unsaturated/α-hetero) is 1. The van der Waals surface area contributed by atoms with Crippen LogP contribution in [0.15, 0.2) is 24.3 Å². The number of nitrogens with zero attached hydrogens (tertiary/aromatic N) is 1. The van der Waals surface area contributed by atoms with Crippen molar-refractivity contribution in [2.75, 3.05) is 18.4 Å². The Balaban J connectivity index is 2.78. The average Bonchev–Trinajstić information content (AvgIpc) is 2.35. The molecule has 5 nitrogen and oxygen atoms in total. The second-order valence-electron chi connectivity index (χ2n) is 5.39. The van der Waals surface area contributed by atoms with Gasteiger partial charge in [0.1, 0.15) is 0 Å². The predicted molar refractivity (Wildman–Crippen MR) is 79.0 cm³/mol. The molecule has 0 fully saturated rings. The highest BCUT2D eigenvalue weighted by Crippen LogP contribution is 2.13.